The maximum absolute atomic E-state index is 12.8. The Hall–Kier alpha value is -2.87. The number of hydrogen-bond acceptors (Lipinski definition) is 2. The van der Waals surface area contributed by atoms with Crippen molar-refractivity contribution in [3.63, 3.8) is 0 Å². The summed E-state index contributed by atoms with van der Waals surface area (Å²) in [4.78, 5) is 12.8. The summed E-state index contributed by atoms with van der Waals surface area (Å²) in [5, 5.41) is 0. The molecule has 0 aliphatic carbocycles. The van der Waals surface area contributed by atoms with Crippen molar-refractivity contribution in [2.75, 3.05) is 0 Å². The normalized spacial score (nSPS) is 11.2. The quantitative estimate of drug-likeness (QED) is 0.419. The van der Waals surface area contributed by atoms with Crippen molar-refractivity contribution in [1.29, 1.82) is 0 Å². The van der Waals surface area contributed by atoms with E-state index < -0.39 is 0 Å². The maximum Gasteiger partial charge on any atom is 0.344 e. The molecular weight excluding hydrogens is 320 g/mol. The molecule has 3 aromatic rings. The fourth-order valence-corrected chi connectivity index (χ4v) is 3.01. The predicted molar refractivity (Wildman–Crippen MR) is 107 cm³/mol. The number of esters is 1. The van der Waals surface area contributed by atoms with Crippen molar-refractivity contribution in [2.45, 2.75) is 33.1 Å². The second kappa shape index (κ2) is 7.17. The number of ether oxygens (including phenoxy) is 1. The van der Waals surface area contributed by atoms with Gasteiger partial charge in [0.05, 0.1) is 5.56 Å². The lowest BCUT2D eigenvalue weighted by Gasteiger charge is -2.20. The molecule has 0 atom stereocenters. The van der Waals surface area contributed by atoms with E-state index in [9.17, 15) is 4.79 Å². The van der Waals surface area contributed by atoms with Crippen LogP contribution in [0, 0.1) is 6.92 Å². The van der Waals surface area contributed by atoms with Crippen LogP contribution >= 0.6 is 0 Å². The molecule has 0 aliphatic heterocycles. The molecule has 0 N–H and O–H groups in total. The number of aryl methyl sites for hydroxylation is 1. The number of carbonyl (C=O) groups excluding carboxylic acids is 1. The van der Waals surface area contributed by atoms with Gasteiger partial charge >= 0.3 is 5.97 Å². The van der Waals surface area contributed by atoms with Crippen molar-refractivity contribution in [3.05, 3.63) is 89.5 Å². The Labute approximate surface area is 155 Å². The SMILES string of the molecule is Cc1cccc(C(=O)Oc2ccccc2)c1-c1ccc(C(C)(C)C)cc1. The topological polar surface area (TPSA) is 26.3 Å². The van der Waals surface area contributed by atoms with E-state index in [0.717, 1.165) is 16.7 Å². The molecule has 0 amide bonds. The summed E-state index contributed by atoms with van der Waals surface area (Å²) in [6, 6.07) is 23.3. The average molecular weight is 344 g/mol. The van der Waals surface area contributed by atoms with Crippen molar-refractivity contribution in [2.24, 2.45) is 0 Å². The fraction of sp³-hybridized carbons (Fsp3) is 0.208. The molecule has 132 valence electrons. The van der Waals surface area contributed by atoms with Crippen molar-refractivity contribution in [1.82, 2.24) is 0 Å². The van der Waals surface area contributed by atoms with E-state index in [-0.39, 0.29) is 11.4 Å². The Morgan fingerprint density at radius 2 is 1.46 bits per heavy atom. The molecule has 3 aromatic carbocycles. The minimum absolute atomic E-state index is 0.0966. The molecule has 0 spiro atoms. The molecule has 0 unspecified atom stereocenters. The van der Waals surface area contributed by atoms with E-state index in [4.69, 9.17) is 4.74 Å². The summed E-state index contributed by atoms with van der Waals surface area (Å²) in [6.45, 7) is 8.60. The van der Waals surface area contributed by atoms with Crippen LogP contribution in [0.15, 0.2) is 72.8 Å². The first-order chi connectivity index (χ1) is 12.4. The van der Waals surface area contributed by atoms with Crippen LogP contribution in [0.5, 0.6) is 5.75 Å². The second-order valence-electron chi connectivity index (χ2n) is 7.53. The van der Waals surface area contributed by atoms with Crippen molar-refractivity contribution < 1.29 is 9.53 Å². The highest BCUT2D eigenvalue weighted by Gasteiger charge is 2.18. The van der Waals surface area contributed by atoms with Crippen LogP contribution in [0.4, 0.5) is 0 Å². The van der Waals surface area contributed by atoms with Gasteiger partial charge in [0.15, 0.2) is 0 Å². The van der Waals surface area contributed by atoms with Gasteiger partial charge in [0.25, 0.3) is 0 Å². The van der Waals surface area contributed by atoms with Gasteiger partial charge in [-0.15, -0.1) is 0 Å². The molecular formula is C24H24O2. The van der Waals surface area contributed by atoms with E-state index in [0.29, 0.717) is 11.3 Å². The van der Waals surface area contributed by atoms with Crippen LogP contribution in [-0.4, -0.2) is 5.97 Å². The molecule has 0 heterocycles. The zero-order chi connectivity index (χ0) is 18.7. The zero-order valence-corrected chi connectivity index (χ0v) is 15.7. The summed E-state index contributed by atoms with van der Waals surface area (Å²) in [6.07, 6.45) is 0. The third-order valence-electron chi connectivity index (χ3n) is 4.49. The zero-order valence-electron chi connectivity index (χ0n) is 15.7. The Morgan fingerprint density at radius 1 is 0.808 bits per heavy atom. The molecule has 0 radical (unpaired) electrons. The lowest BCUT2D eigenvalue weighted by Crippen LogP contribution is -2.12. The van der Waals surface area contributed by atoms with Gasteiger partial charge in [-0.3, -0.25) is 0 Å². The van der Waals surface area contributed by atoms with Gasteiger partial charge in [-0.05, 0) is 52.8 Å². The van der Waals surface area contributed by atoms with E-state index in [1.807, 2.05) is 43.3 Å². The van der Waals surface area contributed by atoms with Crippen molar-refractivity contribution in [3.8, 4) is 16.9 Å². The summed E-state index contributed by atoms with van der Waals surface area (Å²) in [5.74, 6) is 0.211. The molecule has 26 heavy (non-hydrogen) atoms. The molecule has 0 aromatic heterocycles. The summed E-state index contributed by atoms with van der Waals surface area (Å²) < 4.78 is 5.56. The first kappa shape index (κ1) is 17.9. The van der Waals surface area contributed by atoms with Gasteiger partial charge in [0.1, 0.15) is 5.75 Å². The van der Waals surface area contributed by atoms with Gasteiger partial charge in [-0.1, -0.05) is 75.4 Å². The van der Waals surface area contributed by atoms with Crippen LogP contribution in [0.2, 0.25) is 0 Å². The van der Waals surface area contributed by atoms with Crippen LogP contribution in [0.25, 0.3) is 11.1 Å². The van der Waals surface area contributed by atoms with Gasteiger partial charge < -0.3 is 4.74 Å². The van der Waals surface area contributed by atoms with Crippen LogP contribution in [-0.2, 0) is 5.41 Å². The molecule has 3 rings (SSSR count). The lowest BCUT2D eigenvalue weighted by atomic mass is 9.85. The smallest absolute Gasteiger partial charge is 0.344 e. The van der Waals surface area contributed by atoms with E-state index in [1.54, 1.807) is 12.1 Å². The standard InChI is InChI=1S/C24H24O2/c1-17-9-8-12-21(23(25)26-20-10-6-5-7-11-20)22(17)18-13-15-19(16-14-18)24(2,3)4/h5-16H,1-4H3. The third kappa shape index (κ3) is 3.85. The molecule has 0 saturated carbocycles. The molecule has 0 fully saturated rings. The molecule has 0 bridgehead atoms. The van der Waals surface area contributed by atoms with Gasteiger partial charge in [0, 0.05) is 0 Å². The monoisotopic (exact) mass is 344 g/mol. The van der Waals surface area contributed by atoms with Crippen molar-refractivity contribution >= 4 is 5.97 Å². The number of rotatable bonds is 3. The molecule has 2 nitrogen and oxygen atoms in total. The number of hydrogen-bond donors (Lipinski definition) is 0. The molecule has 0 aliphatic rings. The molecule has 2 heteroatoms. The number of benzene rings is 3. The lowest BCUT2D eigenvalue weighted by molar-refractivity contribution is 0.0735. The van der Waals surface area contributed by atoms with E-state index in [2.05, 4.69) is 45.0 Å². The first-order valence-corrected chi connectivity index (χ1v) is 8.84. The van der Waals surface area contributed by atoms with Gasteiger partial charge in [-0.25, -0.2) is 4.79 Å². The Balaban J connectivity index is 1.99. The minimum atomic E-state index is -0.338. The highest BCUT2D eigenvalue weighted by molar-refractivity contribution is 5.99. The average Bonchev–Trinajstić information content (AvgIpc) is 2.62. The minimum Gasteiger partial charge on any atom is -0.423 e. The second-order valence-corrected chi connectivity index (χ2v) is 7.53. The van der Waals surface area contributed by atoms with E-state index >= 15 is 0 Å². The van der Waals surface area contributed by atoms with Crippen LogP contribution in [0.3, 0.4) is 0 Å². The fourth-order valence-electron chi connectivity index (χ4n) is 3.01. The first-order valence-electron chi connectivity index (χ1n) is 8.84. The molecule has 0 saturated heterocycles. The maximum atomic E-state index is 12.8. The Bertz CT molecular complexity index is 901. The Morgan fingerprint density at radius 3 is 2.08 bits per heavy atom. The van der Waals surface area contributed by atoms with Crippen LogP contribution < -0.4 is 4.74 Å². The Kier molecular flexibility index (Phi) is 4.94. The number of carbonyl (C=O) groups is 1. The number of para-hydroxylation sites is 1. The predicted octanol–water partition coefficient (Wildman–Crippen LogP) is 6.18. The van der Waals surface area contributed by atoms with Crippen LogP contribution in [0.1, 0.15) is 42.3 Å². The summed E-state index contributed by atoms with van der Waals surface area (Å²) in [7, 11) is 0. The summed E-state index contributed by atoms with van der Waals surface area (Å²) in [5.41, 5.74) is 4.95. The van der Waals surface area contributed by atoms with Gasteiger partial charge in [0.2, 0.25) is 0 Å². The van der Waals surface area contributed by atoms with E-state index in [1.165, 1.54) is 5.56 Å². The third-order valence-corrected chi connectivity index (χ3v) is 4.49. The summed E-state index contributed by atoms with van der Waals surface area (Å²) >= 11 is 0. The highest BCUT2D eigenvalue weighted by atomic mass is 16.5. The van der Waals surface area contributed by atoms with Gasteiger partial charge in [-0.2, -0.15) is 0 Å². The largest absolute Gasteiger partial charge is 0.423 e. The highest BCUT2D eigenvalue weighted by Crippen LogP contribution is 2.31.